The summed E-state index contributed by atoms with van der Waals surface area (Å²) in [5.41, 5.74) is 11.1. The number of benzene rings is 1. The Bertz CT molecular complexity index is 316. The molecule has 5 heteroatoms. The molecule has 4 N–H and O–H groups in total. The molecule has 0 aliphatic heterocycles. The summed E-state index contributed by atoms with van der Waals surface area (Å²) in [5.74, 6) is 0.875. The van der Waals surface area contributed by atoms with Crippen molar-refractivity contribution >= 4 is 15.9 Å². The van der Waals surface area contributed by atoms with Gasteiger partial charge in [-0.3, -0.25) is 4.90 Å². The zero-order valence-electron chi connectivity index (χ0n) is 9.94. The maximum Gasteiger partial charge on any atom is 0.120 e. The van der Waals surface area contributed by atoms with Crippen LogP contribution in [0.4, 0.5) is 0 Å². The molecule has 0 saturated heterocycles. The smallest absolute Gasteiger partial charge is 0.120 e. The lowest BCUT2D eigenvalue weighted by atomic mass is 10.3. The van der Waals surface area contributed by atoms with Crippen molar-refractivity contribution in [3.8, 4) is 5.75 Å². The molecule has 0 bridgehead atoms. The lowest BCUT2D eigenvalue weighted by Gasteiger charge is -2.20. The SMILES string of the molecule is NCCN(CCN)CCOc1cccc(Br)c1. The average molecular weight is 302 g/mol. The average Bonchev–Trinajstić information content (AvgIpc) is 2.30. The van der Waals surface area contributed by atoms with E-state index in [4.69, 9.17) is 16.2 Å². The summed E-state index contributed by atoms with van der Waals surface area (Å²) in [4.78, 5) is 2.21. The Balaban J connectivity index is 2.30. The lowest BCUT2D eigenvalue weighted by molar-refractivity contribution is 0.216. The Hall–Kier alpha value is -0.620. The van der Waals surface area contributed by atoms with Gasteiger partial charge in [-0.25, -0.2) is 0 Å². The number of hydrogen-bond acceptors (Lipinski definition) is 4. The summed E-state index contributed by atoms with van der Waals surface area (Å²) >= 11 is 3.41. The van der Waals surface area contributed by atoms with E-state index in [1.165, 1.54) is 0 Å². The predicted molar refractivity (Wildman–Crippen MR) is 74.2 cm³/mol. The van der Waals surface area contributed by atoms with Gasteiger partial charge in [0.1, 0.15) is 12.4 Å². The Morgan fingerprint density at radius 2 is 1.82 bits per heavy atom. The summed E-state index contributed by atoms with van der Waals surface area (Å²) in [6, 6.07) is 7.83. The van der Waals surface area contributed by atoms with Crippen LogP contribution in [0.3, 0.4) is 0 Å². The molecule has 0 aliphatic rings. The molecule has 0 aliphatic carbocycles. The summed E-state index contributed by atoms with van der Waals surface area (Å²) < 4.78 is 6.68. The molecule has 0 radical (unpaired) electrons. The van der Waals surface area contributed by atoms with Crippen LogP contribution < -0.4 is 16.2 Å². The number of ether oxygens (including phenoxy) is 1. The van der Waals surface area contributed by atoms with Crippen LogP contribution in [0.5, 0.6) is 5.75 Å². The van der Waals surface area contributed by atoms with Gasteiger partial charge < -0.3 is 16.2 Å². The minimum Gasteiger partial charge on any atom is -0.492 e. The Labute approximate surface area is 111 Å². The fraction of sp³-hybridized carbons (Fsp3) is 0.500. The van der Waals surface area contributed by atoms with Crippen LogP contribution in [0.15, 0.2) is 28.7 Å². The van der Waals surface area contributed by atoms with Crippen LogP contribution in [0.1, 0.15) is 0 Å². The first kappa shape index (κ1) is 14.4. The first-order valence-corrected chi connectivity index (χ1v) is 6.56. The molecule has 4 nitrogen and oxygen atoms in total. The van der Waals surface area contributed by atoms with E-state index in [9.17, 15) is 0 Å². The Kier molecular flexibility index (Phi) is 7.19. The third-order valence-electron chi connectivity index (χ3n) is 2.36. The second-order valence-corrected chi connectivity index (χ2v) is 4.64. The first-order valence-electron chi connectivity index (χ1n) is 5.77. The fourth-order valence-corrected chi connectivity index (χ4v) is 1.93. The first-order chi connectivity index (χ1) is 8.26. The van der Waals surface area contributed by atoms with Gasteiger partial charge in [0.15, 0.2) is 0 Å². The van der Waals surface area contributed by atoms with Gasteiger partial charge in [-0.15, -0.1) is 0 Å². The summed E-state index contributed by atoms with van der Waals surface area (Å²) in [5, 5.41) is 0. The quantitative estimate of drug-likeness (QED) is 0.753. The van der Waals surface area contributed by atoms with Crippen LogP contribution in [0, 0.1) is 0 Å². The van der Waals surface area contributed by atoms with Crippen molar-refractivity contribution in [1.29, 1.82) is 0 Å². The Morgan fingerprint density at radius 1 is 1.12 bits per heavy atom. The summed E-state index contributed by atoms with van der Waals surface area (Å²) in [6.07, 6.45) is 0. The molecule has 0 saturated carbocycles. The van der Waals surface area contributed by atoms with Crippen molar-refractivity contribution in [3.63, 3.8) is 0 Å². The standard InChI is InChI=1S/C12H20BrN3O/c13-11-2-1-3-12(10-11)17-9-8-16(6-4-14)7-5-15/h1-3,10H,4-9,14-15H2. The van der Waals surface area contributed by atoms with Gasteiger partial charge in [-0.2, -0.15) is 0 Å². The van der Waals surface area contributed by atoms with Crippen molar-refractivity contribution in [2.45, 2.75) is 0 Å². The molecule has 0 aromatic heterocycles. The fourth-order valence-electron chi connectivity index (χ4n) is 1.55. The van der Waals surface area contributed by atoms with Crippen molar-refractivity contribution in [3.05, 3.63) is 28.7 Å². The van der Waals surface area contributed by atoms with Gasteiger partial charge in [0.25, 0.3) is 0 Å². The van der Waals surface area contributed by atoms with Crippen molar-refractivity contribution < 1.29 is 4.74 Å². The maximum atomic E-state index is 5.66. The van der Waals surface area contributed by atoms with E-state index in [0.717, 1.165) is 29.9 Å². The molecule has 0 spiro atoms. The highest BCUT2D eigenvalue weighted by atomic mass is 79.9. The van der Waals surface area contributed by atoms with Crippen LogP contribution in [0.25, 0.3) is 0 Å². The molecule has 0 amide bonds. The van der Waals surface area contributed by atoms with Gasteiger partial charge in [0.2, 0.25) is 0 Å². The summed E-state index contributed by atoms with van der Waals surface area (Å²) in [7, 11) is 0. The predicted octanol–water partition coefficient (Wildman–Crippen LogP) is 1.05. The van der Waals surface area contributed by atoms with Gasteiger partial charge in [0, 0.05) is 37.2 Å². The molecule has 1 aromatic rings. The maximum absolute atomic E-state index is 5.66. The van der Waals surface area contributed by atoms with E-state index in [1.807, 2.05) is 24.3 Å². The zero-order valence-corrected chi connectivity index (χ0v) is 11.5. The highest BCUT2D eigenvalue weighted by Gasteiger charge is 2.02. The van der Waals surface area contributed by atoms with E-state index < -0.39 is 0 Å². The summed E-state index contributed by atoms with van der Waals surface area (Å²) in [6.45, 7) is 4.52. The topological polar surface area (TPSA) is 64.5 Å². The highest BCUT2D eigenvalue weighted by molar-refractivity contribution is 9.10. The van der Waals surface area contributed by atoms with Gasteiger partial charge in [-0.1, -0.05) is 22.0 Å². The number of rotatable bonds is 8. The molecule has 0 fully saturated rings. The van der Waals surface area contributed by atoms with Crippen LogP contribution in [-0.2, 0) is 0 Å². The van der Waals surface area contributed by atoms with E-state index in [1.54, 1.807) is 0 Å². The zero-order chi connectivity index (χ0) is 12.5. The third-order valence-corrected chi connectivity index (χ3v) is 2.86. The molecule has 0 unspecified atom stereocenters. The van der Waals surface area contributed by atoms with Crippen molar-refractivity contribution in [1.82, 2.24) is 4.90 Å². The molecular weight excluding hydrogens is 282 g/mol. The highest BCUT2D eigenvalue weighted by Crippen LogP contribution is 2.17. The van der Waals surface area contributed by atoms with Gasteiger partial charge >= 0.3 is 0 Å². The number of halogens is 1. The normalized spacial score (nSPS) is 10.8. The number of nitrogens with zero attached hydrogens (tertiary/aromatic N) is 1. The van der Waals surface area contributed by atoms with Crippen molar-refractivity contribution in [2.24, 2.45) is 11.5 Å². The lowest BCUT2D eigenvalue weighted by Crippen LogP contribution is -2.36. The second kappa shape index (κ2) is 8.47. The third kappa shape index (κ3) is 6.02. The van der Waals surface area contributed by atoms with E-state index >= 15 is 0 Å². The van der Waals surface area contributed by atoms with E-state index in [0.29, 0.717) is 19.7 Å². The van der Waals surface area contributed by atoms with Crippen LogP contribution >= 0.6 is 15.9 Å². The molecule has 1 aromatic carbocycles. The van der Waals surface area contributed by atoms with Crippen LogP contribution in [-0.4, -0.2) is 44.2 Å². The minimum absolute atomic E-state index is 0.649. The number of nitrogens with two attached hydrogens (primary N) is 2. The largest absolute Gasteiger partial charge is 0.492 e. The molecule has 17 heavy (non-hydrogen) atoms. The monoisotopic (exact) mass is 301 g/mol. The molecule has 96 valence electrons. The van der Waals surface area contributed by atoms with E-state index in [-0.39, 0.29) is 0 Å². The van der Waals surface area contributed by atoms with E-state index in [2.05, 4.69) is 20.8 Å². The van der Waals surface area contributed by atoms with Crippen LogP contribution in [0.2, 0.25) is 0 Å². The molecular formula is C12H20BrN3O. The molecule has 1 rings (SSSR count). The molecule has 0 atom stereocenters. The second-order valence-electron chi connectivity index (χ2n) is 3.72. The Morgan fingerprint density at radius 3 is 2.41 bits per heavy atom. The molecule has 0 heterocycles. The van der Waals surface area contributed by atoms with Gasteiger partial charge in [0.05, 0.1) is 0 Å². The number of hydrogen-bond donors (Lipinski definition) is 2. The minimum atomic E-state index is 0.649. The van der Waals surface area contributed by atoms with Gasteiger partial charge in [-0.05, 0) is 18.2 Å². The van der Waals surface area contributed by atoms with Crippen molar-refractivity contribution in [2.75, 3.05) is 39.3 Å².